The maximum absolute atomic E-state index is 13.1. The summed E-state index contributed by atoms with van der Waals surface area (Å²) < 4.78 is 11.3. The lowest BCUT2D eigenvalue weighted by atomic mass is 9.46. The van der Waals surface area contributed by atoms with Gasteiger partial charge in [0.1, 0.15) is 5.54 Å². The maximum atomic E-state index is 13.1. The second-order valence-corrected chi connectivity index (χ2v) is 7.39. The molecular weight excluding hydrogens is 268 g/mol. The molecule has 2 saturated heterocycles. The van der Waals surface area contributed by atoms with Gasteiger partial charge < -0.3 is 20.1 Å². The van der Waals surface area contributed by atoms with Crippen molar-refractivity contribution in [1.29, 1.82) is 0 Å². The number of nitrogens with zero attached hydrogens (tertiary/aromatic N) is 1. The van der Waals surface area contributed by atoms with Crippen LogP contribution < -0.4 is 5.73 Å². The number of hydrogen-bond acceptors (Lipinski definition) is 4. The number of rotatable bonds is 2. The standard InChI is InChI=1S/C16H28N2O3/c1-15(2)13-12(5-4-8-21-13)16(15,17)14(19)18(3)11-6-9-20-10-7-11/h11-13H,4-10,17H2,1-3H3. The fourth-order valence-electron chi connectivity index (χ4n) is 4.54. The van der Waals surface area contributed by atoms with Gasteiger partial charge in [-0.25, -0.2) is 0 Å². The highest BCUT2D eigenvalue weighted by Crippen LogP contribution is 2.58. The van der Waals surface area contributed by atoms with Crippen LogP contribution in [0.2, 0.25) is 0 Å². The highest BCUT2D eigenvalue weighted by atomic mass is 16.5. The first-order valence-corrected chi connectivity index (χ1v) is 8.16. The van der Waals surface area contributed by atoms with Crippen molar-refractivity contribution in [1.82, 2.24) is 4.90 Å². The number of ether oxygens (including phenoxy) is 2. The zero-order valence-electron chi connectivity index (χ0n) is 13.4. The molecule has 0 radical (unpaired) electrons. The van der Waals surface area contributed by atoms with E-state index in [4.69, 9.17) is 15.2 Å². The smallest absolute Gasteiger partial charge is 0.243 e. The van der Waals surface area contributed by atoms with Crippen molar-refractivity contribution in [3.05, 3.63) is 0 Å². The summed E-state index contributed by atoms with van der Waals surface area (Å²) >= 11 is 0. The minimum Gasteiger partial charge on any atom is -0.381 e. The van der Waals surface area contributed by atoms with E-state index in [0.717, 1.165) is 45.5 Å². The maximum Gasteiger partial charge on any atom is 0.243 e. The van der Waals surface area contributed by atoms with E-state index in [0.29, 0.717) is 0 Å². The van der Waals surface area contributed by atoms with E-state index in [9.17, 15) is 4.79 Å². The number of likely N-dealkylation sites (N-methyl/N-ethyl adjacent to an activating group) is 1. The molecule has 0 bridgehead atoms. The summed E-state index contributed by atoms with van der Waals surface area (Å²) in [6.45, 7) is 6.42. The molecule has 1 saturated carbocycles. The molecule has 3 rings (SSSR count). The Morgan fingerprint density at radius 2 is 1.86 bits per heavy atom. The summed E-state index contributed by atoms with van der Waals surface area (Å²) in [6, 6.07) is 0.256. The number of carbonyl (C=O) groups is 1. The lowest BCUT2D eigenvalue weighted by Crippen LogP contribution is -2.82. The molecule has 21 heavy (non-hydrogen) atoms. The van der Waals surface area contributed by atoms with E-state index in [-0.39, 0.29) is 29.4 Å². The highest BCUT2D eigenvalue weighted by Gasteiger charge is 2.70. The van der Waals surface area contributed by atoms with Crippen LogP contribution in [0.4, 0.5) is 0 Å². The van der Waals surface area contributed by atoms with E-state index < -0.39 is 5.54 Å². The first kappa shape index (κ1) is 15.3. The molecule has 3 unspecified atom stereocenters. The van der Waals surface area contributed by atoms with E-state index >= 15 is 0 Å². The Bertz CT molecular complexity index is 420. The topological polar surface area (TPSA) is 64.8 Å². The van der Waals surface area contributed by atoms with Crippen LogP contribution in [0.15, 0.2) is 0 Å². The lowest BCUT2D eigenvalue weighted by molar-refractivity contribution is -0.230. The van der Waals surface area contributed by atoms with Crippen molar-refractivity contribution in [3.63, 3.8) is 0 Å². The van der Waals surface area contributed by atoms with Gasteiger partial charge in [0.25, 0.3) is 0 Å². The zero-order valence-corrected chi connectivity index (χ0v) is 13.4. The number of hydrogen-bond donors (Lipinski definition) is 1. The molecule has 0 aromatic heterocycles. The van der Waals surface area contributed by atoms with Gasteiger partial charge >= 0.3 is 0 Å². The van der Waals surface area contributed by atoms with Gasteiger partial charge in [0.15, 0.2) is 0 Å². The number of carbonyl (C=O) groups excluding carboxylic acids is 1. The molecule has 2 aliphatic heterocycles. The summed E-state index contributed by atoms with van der Waals surface area (Å²) in [7, 11) is 1.90. The molecule has 0 aromatic rings. The van der Waals surface area contributed by atoms with E-state index in [1.165, 1.54) is 0 Å². The first-order chi connectivity index (χ1) is 9.90. The van der Waals surface area contributed by atoms with Crippen LogP contribution in [0.25, 0.3) is 0 Å². The Balaban J connectivity index is 1.78. The molecule has 120 valence electrons. The van der Waals surface area contributed by atoms with Crippen LogP contribution in [-0.2, 0) is 14.3 Å². The highest BCUT2D eigenvalue weighted by molar-refractivity contribution is 5.89. The van der Waals surface area contributed by atoms with E-state index in [2.05, 4.69) is 13.8 Å². The lowest BCUT2D eigenvalue weighted by Gasteiger charge is -2.66. The third-order valence-electron chi connectivity index (χ3n) is 6.10. The van der Waals surface area contributed by atoms with Gasteiger partial charge in [0.2, 0.25) is 5.91 Å². The predicted octanol–water partition coefficient (Wildman–Crippen LogP) is 1.16. The Morgan fingerprint density at radius 1 is 1.19 bits per heavy atom. The Kier molecular flexibility index (Phi) is 3.79. The van der Waals surface area contributed by atoms with Gasteiger partial charge in [-0.15, -0.1) is 0 Å². The molecule has 2 heterocycles. The van der Waals surface area contributed by atoms with Crippen LogP contribution in [0.5, 0.6) is 0 Å². The molecule has 3 fully saturated rings. The van der Waals surface area contributed by atoms with Crippen molar-refractivity contribution in [2.75, 3.05) is 26.9 Å². The van der Waals surface area contributed by atoms with Gasteiger partial charge in [-0.05, 0) is 25.7 Å². The van der Waals surface area contributed by atoms with Crippen molar-refractivity contribution in [2.45, 2.75) is 57.2 Å². The quantitative estimate of drug-likeness (QED) is 0.830. The van der Waals surface area contributed by atoms with Crippen molar-refractivity contribution in [2.24, 2.45) is 17.1 Å². The number of fused-ring (bicyclic) bond motifs is 1. The third kappa shape index (κ3) is 2.05. The van der Waals surface area contributed by atoms with Gasteiger partial charge in [0.05, 0.1) is 6.10 Å². The van der Waals surface area contributed by atoms with Crippen LogP contribution in [0.1, 0.15) is 39.5 Å². The fraction of sp³-hybridized carbons (Fsp3) is 0.938. The Morgan fingerprint density at radius 3 is 2.52 bits per heavy atom. The van der Waals surface area contributed by atoms with Crippen molar-refractivity contribution >= 4 is 5.91 Å². The summed E-state index contributed by atoms with van der Waals surface area (Å²) in [5.41, 5.74) is 5.60. The zero-order chi connectivity index (χ0) is 15.3. The van der Waals surface area contributed by atoms with Crippen LogP contribution in [0.3, 0.4) is 0 Å². The van der Waals surface area contributed by atoms with Gasteiger partial charge in [-0.1, -0.05) is 13.8 Å². The van der Waals surface area contributed by atoms with Crippen LogP contribution in [0, 0.1) is 11.3 Å². The second kappa shape index (κ2) is 5.21. The molecular formula is C16H28N2O3. The third-order valence-corrected chi connectivity index (χ3v) is 6.10. The first-order valence-electron chi connectivity index (χ1n) is 8.16. The summed E-state index contributed by atoms with van der Waals surface area (Å²) in [4.78, 5) is 15.0. The van der Waals surface area contributed by atoms with Crippen molar-refractivity contribution in [3.8, 4) is 0 Å². The minimum absolute atomic E-state index is 0.0890. The molecule has 5 heteroatoms. The Labute approximate surface area is 127 Å². The summed E-state index contributed by atoms with van der Waals surface area (Å²) in [6.07, 6.45) is 3.94. The molecule has 5 nitrogen and oxygen atoms in total. The van der Waals surface area contributed by atoms with Crippen molar-refractivity contribution < 1.29 is 14.3 Å². The Hall–Kier alpha value is -0.650. The molecule has 0 aromatic carbocycles. The second-order valence-electron chi connectivity index (χ2n) is 7.39. The average Bonchev–Trinajstić information content (AvgIpc) is 2.53. The molecule has 0 spiro atoms. The molecule has 2 N–H and O–H groups in total. The average molecular weight is 296 g/mol. The van der Waals surface area contributed by atoms with Gasteiger partial charge in [-0.3, -0.25) is 4.79 Å². The van der Waals surface area contributed by atoms with Gasteiger partial charge in [0, 0.05) is 44.2 Å². The molecule has 3 atom stereocenters. The number of nitrogens with two attached hydrogens (primary N) is 1. The minimum atomic E-state index is -0.787. The number of amides is 1. The van der Waals surface area contributed by atoms with E-state index in [1.54, 1.807) is 0 Å². The monoisotopic (exact) mass is 296 g/mol. The summed E-state index contributed by atoms with van der Waals surface area (Å²) in [5, 5.41) is 0. The molecule has 1 amide bonds. The predicted molar refractivity (Wildman–Crippen MR) is 79.8 cm³/mol. The molecule has 3 aliphatic rings. The molecule has 1 aliphatic carbocycles. The SMILES string of the molecule is CN(C(=O)C1(N)C2CCCOC2C1(C)C)C1CCOCC1. The van der Waals surface area contributed by atoms with Crippen LogP contribution in [-0.4, -0.2) is 55.4 Å². The summed E-state index contributed by atoms with van der Waals surface area (Å²) in [5.74, 6) is 0.252. The largest absolute Gasteiger partial charge is 0.381 e. The normalized spacial score (nSPS) is 39.2. The fourth-order valence-corrected chi connectivity index (χ4v) is 4.54. The van der Waals surface area contributed by atoms with Gasteiger partial charge in [-0.2, -0.15) is 0 Å². The van der Waals surface area contributed by atoms with E-state index in [1.807, 2.05) is 11.9 Å². The van der Waals surface area contributed by atoms with Crippen LogP contribution >= 0.6 is 0 Å².